The Bertz CT molecular complexity index is 778. The summed E-state index contributed by atoms with van der Waals surface area (Å²) >= 11 is 0. The second kappa shape index (κ2) is 7.73. The molecule has 0 saturated carbocycles. The summed E-state index contributed by atoms with van der Waals surface area (Å²) in [6.07, 6.45) is 1.99. The highest BCUT2D eigenvalue weighted by Gasteiger charge is 2.29. The van der Waals surface area contributed by atoms with E-state index >= 15 is 0 Å². The summed E-state index contributed by atoms with van der Waals surface area (Å²) in [6, 6.07) is 6.26. The Balaban J connectivity index is 1.73. The maximum Gasteiger partial charge on any atom is 0.253 e. The Hall–Kier alpha value is -1.97. The number of nitrogens with zero attached hydrogens (tertiary/aromatic N) is 2. The summed E-state index contributed by atoms with van der Waals surface area (Å²) in [7, 11) is -1.85. The molecule has 8 nitrogen and oxygen atoms in total. The van der Waals surface area contributed by atoms with E-state index in [1.165, 1.54) is 12.1 Å². The first-order chi connectivity index (χ1) is 12.4. The Labute approximate surface area is 153 Å². The topological polar surface area (TPSA) is 98.8 Å². The molecule has 1 aromatic rings. The fourth-order valence-corrected chi connectivity index (χ4v) is 4.72. The molecule has 9 heteroatoms. The molecule has 142 valence electrons. The number of carbonyl (C=O) groups excluding carboxylic acids is 2. The molecule has 1 unspecified atom stereocenters. The van der Waals surface area contributed by atoms with Gasteiger partial charge in [-0.2, -0.15) is 4.31 Å². The molecule has 3 rings (SSSR count). The predicted molar refractivity (Wildman–Crippen MR) is 96.2 cm³/mol. The van der Waals surface area contributed by atoms with Crippen molar-refractivity contribution in [2.75, 3.05) is 39.8 Å². The van der Waals surface area contributed by atoms with E-state index in [1.54, 1.807) is 17.0 Å². The van der Waals surface area contributed by atoms with Crippen molar-refractivity contribution in [1.82, 2.24) is 19.8 Å². The van der Waals surface area contributed by atoms with Gasteiger partial charge in [0.1, 0.15) is 0 Å². The first-order valence-corrected chi connectivity index (χ1v) is 10.2. The maximum absolute atomic E-state index is 12.7. The monoisotopic (exact) mass is 380 g/mol. The number of benzene rings is 1. The minimum atomic E-state index is -3.74. The van der Waals surface area contributed by atoms with Crippen molar-refractivity contribution in [1.29, 1.82) is 0 Å². The van der Waals surface area contributed by atoms with Gasteiger partial charge in [0.15, 0.2) is 0 Å². The van der Waals surface area contributed by atoms with Crippen LogP contribution in [0.3, 0.4) is 0 Å². The number of piperazine rings is 1. The lowest BCUT2D eigenvalue weighted by Crippen LogP contribution is -2.49. The molecule has 2 amide bonds. The Morgan fingerprint density at radius 1 is 1.23 bits per heavy atom. The van der Waals surface area contributed by atoms with E-state index in [0.717, 1.165) is 17.1 Å². The standard InChI is InChI=1S/C17H24N4O4S/c1-18-14-3-2-9-20(11-14)17(23)13-4-6-15(7-5-13)26(24,25)21-10-8-19-16(22)12-21/h4-7,14,18H,2-3,8-12H2,1H3,(H,19,22). The van der Waals surface area contributed by atoms with Crippen LogP contribution in [-0.2, 0) is 14.8 Å². The fraction of sp³-hybridized carbons (Fsp3) is 0.529. The third kappa shape index (κ3) is 3.89. The van der Waals surface area contributed by atoms with E-state index in [4.69, 9.17) is 0 Å². The zero-order valence-electron chi connectivity index (χ0n) is 14.8. The van der Waals surface area contributed by atoms with Crippen LogP contribution in [0.25, 0.3) is 0 Å². The number of hydrogen-bond acceptors (Lipinski definition) is 5. The summed E-state index contributed by atoms with van der Waals surface area (Å²) in [5.74, 6) is -0.401. The lowest BCUT2D eigenvalue weighted by molar-refractivity contribution is -0.122. The van der Waals surface area contributed by atoms with Crippen LogP contribution in [0.4, 0.5) is 0 Å². The van der Waals surface area contributed by atoms with Gasteiger partial charge in [0.25, 0.3) is 5.91 Å². The largest absolute Gasteiger partial charge is 0.354 e. The number of hydrogen-bond donors (Lipinski definition) is 2. The normalized spacial score (nSPS) is 22.1. The summed E-state index contributed by atoms with van der Waals surface area (Å²) < 4.78 is 26.4. The lowest BCUT2D eigenvalue weighted by atomic mass is 10.0. The molecule has 0 bridgehead atoms. The van der Waals surface area contributed by atoms with Gasteiger partial charge in [-0.1, -0.05) is 0 Å². The Kier molecular flexibility index (Phi) is 5.59. The summed E-state index contributed by atoms with van der Waals surface area (Å²) in [5, 5.41) is 5.80. The molecule has 1 atom stereocenters. The fourth-order valence-electron chi connectivity index (χ4n) is 3.32. The molecule has 0 radical (unpaired) electrons. The molecule has 2 N–H and O–H groups in total. The van der Waals surface area contributed by atoms with Crippen molar-refractivity contribution >= 4 is 21.8 Å². The summed E-state index contributed by atoms with van der Waals surface area (Å²) in [4.78, 5) is 26.0. The second-order valence-electron chi connectivity index (χ2n) is 6.59. The second-order valence-corrected chi connectivity index (χ2v) is 8.53. The molecule has 26 heavy (non-hydrogen) atoms. The van der Waals surface area contributed by atoms with Crippen molar-refractivity contribution in [3.63, 3.8) is 0 Å². The van der Waals surface area contributed by atoms with Gasteiger partial charge < -0.3 is 15.5 Å². The average molecular weight is 380 g/mol. The third-order valence-electron chi connectivity index (χ3n) is 4.86. The molecule has 2 aliphatic heterocycles. The molecule has 2 fully saturated rings. The number of carbonyl (C=O) groups is 2. The maximum atomic E-state index is 12.7. The van der Waals surface area contributed by atoms with Gasteiger partial charge in [0.2, 0.25) is 15.9 Å². The van der Waals surface area contributed by atoms with Crippen molar-refractivity contribution in [3.05, 3.63) is 29.8 Å². The molecule has 2 saturated heterocycles. The zero-order chi connectivity index (χ0) is 18.7. The van der Waals surface area contributed by atoms with Gasteiger partial charge in [-0.3, -0.25) is 9.59 Å². The molecular weight excluding hydrogens is 356 g/mol. The van der Waals surface area contributed by atoms with Crippen LogP contribution in [0.1, 0.15) is 23.2 Å². The number of nitrogens with one attached hydrogen (secondary N) is 2. The van der Waals surface area contributed by atoms with E-state index in [0.29, 0.717) is 25.2 Å². The van der Waals surface area contributed by atoms with E-state index in [1.807, 2.05) is 7.05 Å². The number of amides is 2. The van der Waals surface area contributed by atoms with Crippen LogP contribution in [0.15, 0.2) is 29.2 Å². The molecule has 2 heterocycles. The van der Waals surface area contributed by atoms with Crippen LogP contribution in [0.5, 0.6) is 0 Å². The van der Waals surface area contributed by atoms with Gasteiger partial charge in [0, 0.05) is 37.8 Å². The first kappa shape index (κ1) is 18.8. The summed E-state index contributed by atoms with van der Waals surface area (Å²) in [5.41, 5.74) is 0.470. The lowest BCUT2D eigenvalue weighted by Gasteiger charge is -2.32. The van der Waals surface area contributed by atoms with Gasteiger partial charge >= 0.3 is 0 Å². The SMILES string of the molecule is CNC1CCCN(C(=O)c2ccc(S(=O)(=O)N3CCNC(=O)C3)cc2)C1. The number of likely N-dealkylation sites (tertiary alicyclic amines) is 1. The van der Waals surface area contributed by atoms with Crippen LogP contribution in [0, 0.1) is 0 Å². The average Bonchev–Trinajstić information content (AvgIpc) is 2.67. The number of rotatable bonds is 4. The van der Waals surface area contributed by atoms with Crippen molar-refractivity contribution in [3.8, 4) is 0 Å². The predicted octanol–water partition coefficient (Wildman–Crippen LogP) is -0.369. The minimum absolute atomic E-state index is 0.0914. The highest BCUT2D eigenvalue weighted by Crippen LogP contribution is 2.19. The van der Waals surface area contributed by atoms with E-state index in [9.17, 15) is 18.0 Å². The van der Waals surface area contributed by atoms with Crippen LogP contribution < -0.4 is 10.6 Å². The van der Waals surface area contributed by atoms with Gasteiger partial charge in [-0.15, -0.1) is 0 Å². The number of likely N-dealkylation sites (N-methyl/N-ethyl adjacent to an activating group) is 1. The van der Waals surface area contributed by atoms with Crippen LogP contribution >= 0.6 is 0 Å². The minimum Gasteiger partial charge on any atom is -0.354 e. The molecular formula is C17H24N4O4S. The molecule has 0 spiro atoms. The van der Waals surface area contributed by atoms with Gasteiger partial charge in [0.05, 0.1) is 11.4 Å². The molecule has 1 aromatic carbocycles. The van der Waals surface area contributed by atoms with E-state index < -0.39 is 10.0 Å². The first-order valence-electron chi connectivity index (χ1n) is 8.75. The number of piperidine rings is 1. The Morgan fingerprint density at radius 3 is 2.62 bits per heavy atom. The highest BCUT2D eigenvalue weighted by molar-refractivity contribution is 7.89. The van der Waals surface area contributed by atoms with Crippen molar-refractivity contribution < 1.29 is 18.0 Å². The smallest absolute Gasteiger partial charge is 0.253 e. The van der Waals surface area contributed by atoms with Crippen LogP contribution in [-0.4, -0.2) is 75.3 Å². The number of sulfonamides is 1. The molecule has 0 aromatic heterocycles. The van der Waals surface area contributed by atoms with Crippen molar-refractivity contribution in [2.45, 2.75) is 23.8 Å². The zero-order valence-corrected chi connectivity index (χ0v) is 15.6. The van der Waals surface area contributed by atoms with E-state index in [2.05, 4.69) is 10.6 Å². The van der Waals surface area contributed by atoms with E-state index in [-0.39, 0.29) is 35.8 Å². The Morgan fingerprint density at radius 2 is 1.96 bits per heavy atom. The third-order valence-corrected chi connectivity index (χ3v) is 6.72. The molecule has 0 aliphatic carbocycles. The van der Waals surface area contributed by atoms with Gasteiger partial charge in [-0.25, -0.2) is 8.42 Å². The van der Waals surface area contributed by atoms with Crippen molar-refractivity contribution in [2.24, 2.45) is 0 Å². The van der Waals surface area contributed by atoms with Gasteiger partial charge in [-0.05, 0) is 44.2 Å². The highest BCUT2D eigenvalue weighted by atomic mass is 32.2. The quantitative estimate of drug-likeness (QED) is 0.743. The molecule has 2 aliphatic rings. The summed E-state index contributed by atoms with van der Waals surface area (Å²) in [6.45, 7) is 1.73. The van der Waals surface area contributed by atoms with Crippen LogP contribution in [0.2, 0.25) is 0 Å².